The van der Waals surface area contributed by atoms with Gasteiger partial charge in [-0.25, -0.2) is 4.79 Å². The van der Waals surface area contributed by atoms with Crippen molar-refractivity contribution < 1.29 is 9.53 Å². The van der Waals surface area contributed by atoms with Gasteiger partial charge in [0.05, 0.1) is 0 Å². The predicted octanol–water partition coefficient (Wildman–Crippen LogP) is 3.64. The van der Waals surface area contributed by atoms with Gasteiger partial charge in [-0.2, -0.15) is 0 Å². The highest BCUT2D eigenvalue weighted by atomic mass is 16.6. The molecule has 2 heterocycles. The van der Waals surface area contributed by atoms with Crippen molar-refractivity contribution in [3.63, 3.8) is 0 Å². The summed E-state index contributed by atoms with van der Waals surface area (Å²) in [5.41, 5.74) is 0.975. The van der Waals surface area contributed by atoms with Crippen LogP contribution in [0.1, 0.15) is 52.0 Å². The fraction of sp³-hybridized carbons (Fsp3) is 0.682. The van der Waals surface area contributed by atoms with Gasteiger partial charge in [0.2, 0.25) is 0 Å². The molecule has 1 aromatic carbocycles. The third kappa shape index (κ3) is 6.51. The number of nitrogens with one attached hydrogen (secondary N) is 1. The number of rotatable bonds is 4. The summed E-state index contributed by atoms with van der Waals surface area (Å²) in [5.74, 6) is 0. The molecule has 0 aromatic heterocycles. The van der Waals surface area contributed by atoms with Crippen molar-refractivity contribution in [3.05, 3.63) is 35.9 Å². The van der Waals surface area contributed by atoms with Crippen LogP contribution in [0.4, 0.5) is 4.79 Å². The van der Waals surface area contributed by atoms with E-state index >= 15 is 0 Å². The first-order valence-electron chi connectivity index (χ1n) is 10.4. The van der Waals surface area contributed by atoms with Crippen molar-refractivity contribution in [1.82, 2.24) is 15.1 Å². The Bertz CT molecular complexity index is 583. The van der Waals surface area contributed by atoms with Crippen LogP contribution in [0.3, 0.4) is 0 Å². The van der Waals surface area contributed by atoms with Gasteiger partial charge >= 0.3 is 6.09 Å². The second kappa shape index (κ2) is 9.07. The zero-order chi connectivity index (χ0) is 19.3. The minimum Gasteiger partial charge on any atom is -0.444 e. The molecule has 5 heteroatoms. The van der Waals surface area contributed by atoms with E-state index in [1.807, 2.05) is 20.8 Å². The average molecular weight is 374 g/mol. The van der Waals surface area contributed by atoms with E-state index in [1.165, 1.54) is 31.5 Å². The van der Waals surface area contributed by atoms with Crippen molar-refractivity contribution in [1.29, 1.82) is 0 Å². The second-order valence-electron chi connectivity index (χ2n) is 8.95. The average Bonchev–Trinajstić information content (AvgIpc) is 2.62. The largest absolute Gasteiger partial charge is 0.444 e. The van der Waals surface area contributed by atoms with E-state index in [4.69, 9.17) is 4.74 Å². The lowest BCUT2D eigenvalue weighted by molar-refractivity contribution is 0.0442. The summed E-state index contributed by atoms with van der Waals surface area (Å²) in [7, 11) is 0. The first-order chi connectivity index (χ1) is 12.9. The summed E-state index contributed by atoms with van der Waals surface area (Å²) in [6, 6.07) is 11.7. The van der Waals surface area contributed by atoms with Gasteiger partial charge in [-0.05, 0) is 65.1 Å². The molecule has 1 aromatic rings. The standard InChI is InChI=1S/C22H35N3O2/c1-22(2,3)27-21(26)23-19-9-15-25(16-10-19)20-11-13-24(14-12-20)17-18-7-5-4-6-8-18/h4-8,19-20H,9-17H2,1-3H3,(H,23,26). The first kappa shape index (κ1) is 20.2. The Labute approximate surface area is 164 Å². The number of alkyl carbamates (subject to hydrolysis) is 1. The SMILES string of the molecule is CC(C)(C)OC(=O)NC1CCN(C2CCN(Cc3ccccc3)CC2)CC1. The number of carbonyl (C=O) groups is 1. The summed E-state index contributed by atoms with van der Waals surface area (Å²) >= 11 is 0. The molecule has 0 unspecified atom stereocenters. The summed E-state index contributed by atoms with van der Waals surface area (Å²) in [4.78, 5) is 17.1. The van der Waals surface area contributed by atoms with Crippen LogP contribution in [0, 0.1) is 0 Å². The molecule has 2 fully saturated rings. The van der Waals surface area contributed by atoms with Gasteiger partial charge < -0.3 is 15.0 Å². The monoisotopic (exact) mass is 373 g/mol. The van der Waals surface area contributed by atoms with Crippen molar-refractivity contribution >= 4 is 6.09 Å². The number of ether oxygens (including phenoxy) is 1. The fourth-order valence-corrected chi connectivity index (χ4v) is 4.17. The van der Waals surface area contributed by atoms with Crippen LogP contribution in [-0.2, 0) is 11.3 Å². The Morgan fingerprint density at radius 3 is 2.26 bits per heavy atom. The van der Waals surface area contributed by atoms with Crippen LogP contribution < -0.4 is 5.32 Å². The van der Waals surface area contributed by atoms with Crippen LogP contribution in [0.15, 0.2) is 30.3 Å². The normalized spacial score (nSPS) is 21.1. The Morgan fingerprint density at radius 2 is 1.67 bits per heavy atom. The van der Waals surface area contributed by atoms with Crippen molar-refractivity contribution in [3.8, 4) is 0 Å². The molecular weight excluding hydrogens is 338 g/mol. The minimum absolute atomic E-state index is 0.245. The summed E-state index contributed by atoms with van der Waals surface area (Å²) in [5, 5.41) is 3.04. The molecule has 5 nitrogen and oxygen atoms in total. The van der Waals surface area contributed by atoms with E-state index in [0.717, 1.165) is 32.5 Å². The van der Waals surface area contributed by atoms with Gasteiger partial charge in [0.15, 0.2) is 0 Å². The molecule has 1 amide bonds. The van der Waals surface area contributed by atoms with Gasteiger partial charge in [-0.15, -0.1) is 0 Å². The quantitative estimate of drug-likeness (QED) is 0.875. The van der Waals surface area contributed by atoms with Crippen molar-refractivity contribution in [2.24, 2.45) is 0 Å². The Hall–Kier alpha value is -1.59. The first-order valence-corrected chi connectivity index (χ1v) is 10.4. The van der Waals surface area contributed by atoms with Crippen LogP contribution in [0.25, 0.3) is 0 Å². The summed E-state index contributed by atoms with van der Waals surface area (Å²) in [6.07, 6.45) is 4.25. The maximum absolute atomic E-state index is 11.9. The second-order valence-corrected chi connectivity index (χ2v) is 8.95. The van der Waals surface area contributed by atoms with E-state index in [2.05, 4.69) is 45.4 Å². The lowest BCUT2D eigenvalue weighted by Gasteiger charge is -2.42. The minimum atomic E-state index is -0.432. The van der Waals surface area contributed by atoms with E-state index in [1.54, 1.807) is 0 Å². The predicted molar refractivity (Wildman–Crippen MR) is 109 cm³/mol. The number of nitrogens with zero attached hydrogens (tertiary/aromatic N) is 2. The third-order valence-corrected chi connectivity index (χ3v) is 5.57. The summed E-state index contributed by atoms with van der Waals surface area (Å²) < 4.78 is 5.38. The molecule has 2 aliphatic rings. The number of piperidine rings is 2. The molecule has 27 heavy (non-hydrogen) atoms. The van der Waals surface area contributed by atoms with Crippen LogP contribution in [0.5, 0.6) is 0 Å². The highest BCUT2D eigenvalue weighted by Gasteiger charge is 2.29. The van der Waals surface area contributed by atoms with E-state index in [-0.39, 0.29) is 12.1 Å². The highest BCUT2D eigenvalue weighted by molar-refractivity contribution is 5.68. The Balaban J connectivity index is 1.36. The molecule has 0 aliphatic carbocycles. The molecule has 150 valence electrons. The molecule has 0 radical (unpaired) electrons. The lowest BCUT2D eigenvalue weighted by Crippen LogP contribution is -2.51. The third-order valence-electron chi connectivity index (χ3n) is 5.57. The van der Waals surface area contributed by atoms with Crippen molar-refractivity contribution in [2.45, 2.75) is 70.7 Å². The molecule has 2 aliphatic heterocycles. The van der Waals surface area contributed by atoms with Crippen LogP contribution >= 0.6 is 0 Å². The molecule has 0 spiro atoms. The highest BCUT2D eigenvalue weighted by Crippen LogP contribution is 2.22. The number of likely N-dealkylation sites (tertiary alicyclic amines) is 2. The number of benzene rings is 1. The number of hydrogen-bond donors (Lipinski definition) is 1. The molecule has 3 rings (SSSR count). The van der Waals surface area contributed by atoms with Gasteiger partial charge in [-0.3, -0.25) is 4.90 Å². The lowest BCUT2D eigenvalue weighted by atomic mass is 9.97. The fourth-order valence-electron chi connectivity index (χ4n) is 4.17. The molecular formula is C22H35N3O2. The smallest absolute Gasteiger partial charge is 0.407 e. The Kier molecular flexibility index (Phi) is 6.77. The van der Waals surface area contributed by atoms with Gasteiger partial charge in [-0.1, -0.05) is 30.3 Å². The molecule has 0 atom stereocenters. The zero-order valence-corrected chi connectivity index (χ0v) is 17.1. The topological polar surface area (TPSA) is 44.8 Å². The van der Waals surface area contributed by atoms with Gasteiger partial charge in [0.1, 0.15) is 5.60 Å². The van der Waals surface area contributed by atoms with Crippen LogP contribution in [0.2, 0.25) is 0 Å². The van der Waals surface area contributed by atoms with Gasteiger partial charge in [0.25, 0.3) is 0 Å². The van der Waals surface area contributed by atoms with Crippen LogP contribution in [-0.4, -0.2) is 59.8 Å². The van der Waals surface area contributed by atoms with E-state index in [9.17, 15) is 4.79 Å². The molecule has 0 bridgehead atoms. The maximum Gasteiger partial charge on any atom is 0.407 e. The van der Waals surface area contributed by atoms with E-state index in [0.29, 0.717) is 6.04 Å². The number of hydrogen-bond acceptors (Lipinski definition) is 4. The number of amides is 1. The maximum atomic E-state index is 11.9. The Morgan fingerprint density at radius 1 is 1.04 bits per heavy atom. The molecule has 0 saturated carbocycles. The summed E-state index contributed by atoms with van der Waals surface area (Å²) in [6.45, 7) is 11.3. The molecule has 1 N–H and O–H groups in total. The number of carbonyl (C=O) groups excluding carboxylic acids is 1. The van der Waals surface area contributed by atoms with Crippen molar-refractivity contribution in [2.75, 3.05) is 26.2 Å². The van der Waals surface area contributed by atoms with Gasteiger partial charge in [0, 0.05) is 31.7 Å². The zero-order valence-electron chi connectivity index (χ0n) is 17.1. The molecule has 2 saturated heterocycles. The van der Waals surface area contributed by atoms with E-state index < -0.39 is 5.60 Å².